The van der Waals surface area contributed by atoms with Crippen molar-refractivity contribution in [3.8, 4) is 0 Å². The number of rotatable bonds is 3. The predicted octanol–water partition coefficient (Wildman–Crippen LogP) is 2.05. The molecule has 1 aliphatic heterocycles. The number of aryl methyl sites for hydroxylation is 1. The summed E-state index contributed by atoms with van der Waals surface area (Å²) in [6.45, 7) is 5.28. The van der Waals surface area contributed by atoms with Gasteiger partial charge in [-0.15, -0.1) is 0 Å². The summed E-state index contributed by atoms with van der Waals surface area (Å²) in [6.07, 6.45) is 1.35. The number of H-pyrrole nitrogens is 1. The fourth-order valence-corrected chi connectivity index (χ4v) is 5.23. The number of nitrogens with two attached hydrogens (primary N) is 1. The summed E-state index contributed by atoms with van der Waals surface area (Å²) >= 11 is 0. The molecule has 1 saturated heterocycles. The van der Waals surface area contributed by atoms with Gasteiger partial charge in [0.25, 0.3) is 0 Å². The topological polar surface area (TPSA) is 114 Å². The van der Waals surface area contributed by atoms with E-state index in [1.807, 2.05) is 11.8 Å². The largest absolute Gasteiger partial charge is 0.384 e. The van der Waals surface area contributed by atoms with Gasteiger partial charge < -0.3 is 20.4 Å². The van der Waals surface area contributed by atoms with Crippen LogP contribution in [0.25, 0.3) is 11.0 Å². The van der Waals surface area contributed by atoms with Crippen LogP contribution in [0, 0.1) is 12.7 Å². The highest BCUT2D eigenvalue weighted by Crippen LogP contribution is 2.36. The van der Waals surface area contributed by atoms with Crippen LogP contribution in [0.15, 0.2) is 34.3 Å². The van der Waals surface area contributed by atoms with Gasteiger partial charge in [-0.1, -0.05) is 0 Å². The molecule has 0 radical (unpaired) electrons. The Morgan fingerprint density at radius 3 is 2.86 bits per heavy atom. The summed E-state index contributed by atoms with van der Waals surface area (Å²) < 4.78 is 45.6. The molecule has 3 heterocycles. The lowest BCUT2D eigenvalue weighted by atomic mass is 10.2. The summed E-state index contributed by atoms with van der Waals surface area (Å²) in [5.41, 5.74) is 7.02. The Labute approximate surface area is 161 Å². The molecule has 1 unspecified atom stereocenters. The van der Waals surface area contributed by atoms with Crippen LogP contribution in [0.4, 0.5) is 16.0 Å². The monoisotopic (exact) mass is 405 g/mol. The second-order valence-electron chi connectivity index (χ2n) is 6.83. The lowest BCUT2D eigenvalue weighted by molar-refractivity contribution is 0.0530. The van der Waals surface area contributed by atoms with E-state index in [0.717, 1.165) is 6.07 Å². The van der Waals surface area contributed by atoms with Gasteiger partial charge in [0.05, 0.1) is 17.6 Å². The molecule has 1 atom stereocenters. The van der Waals surface area contributed by atoms with Crippen LogP contribution in [-0.2, 0) is 14.6 Å². The summed E-state index contributed by atoms with van der Waals surface area (Å²) in [6, 6.07) is 3.53. The molecule has 3 aromatic rings. The molecular weight excluding hydrogens is 385 g/mol. The van der Waals surface area contributed by atoms with Crippen molar-refractivity contribution in [1.82, 2.24) is 15.0 Å². The third kappa shape index (κ3) is 2.98. The van der Waals surface area contributed by atoms with Crippen LogP contribution in [0.3, 0.4) is 0 Å². The van der Waals surface area contributed by atoms with E-state index in [1.54, 1.807) is 0 Å². The molecule has 4 rings (SSSR count). The van der Waals surface area contributed by atoms with E-state index >= 15 is 0 Å². The van der Waals surface area contributed by atoms with E-state index in [-0.39, 0.29) is 27.2 Å². The third-order valence-corrected chi connectivity index (χ3v) is 6.77. The minimum absolute atomic E-state index is 0.0124. The van der Waals surface area contributed by atoms with Crippen molar-refractivity contribution < 1.29 is 17.5 Å². The van der Waals surface area contributed by atoms with Gasteiger partial charge in [0.1, 0.15) is 33.9 Å². The first-order chi connectivity index (χ1) is 13.3. The molecule has 3 N–H and O–H groups in total. The van der Waals surface area contributed by atoms with Crippen molar-refractivity contribution in [2.45, 2.75) is 29.7 Å². The fourth-order valence-electron chi connectivity index (χ4n) is 3.53. The van der Waals surface area contributed by atoms with Crippen LogP contribution >= 0.6 is 0 Å². The highest BCUT2D eigenvalue weighted by Gasteiger charge is 2.30. The lowest BCUT2D eigenvalue weighted by Gasteiger charge is -2.32. The van der Waals surface area contributed by atoms with Crippen LogP contribution < -0.4 is 10.6 Å². The van der Waals surface area contributed by atoms with Crippen molar-refractivity contribution in [2.24, 2.45) is 0 Å². The number of nitrogens with one attached hydrogen (secondary N) is 1. The Morgan fingerprint density at radius 1 is 1.36 bits per heavy atom. The number of aromatic amines is 1. The number of ether oxygens (including phenoxy) is 1. The first-order valence-electron chi connectivity index (χ1n) is 8.79. The van der Waals surface area contributed by atoms with Crippen molar-refractivity contribution in [2.75, 3.05) is 30.3 Å². The summed E-state index contributed by atoms with van der Waals surface area (Å²) in [5.74, 6) is 0.0420. The standard InChI is InChI=1S/C18H20FN5O3S/c1-10-7-12(19)3-4-13(10)28(25,26)16-14-15(23-17(16)20)18(22-9-21-14)24-5-6-27-11(2)8-24/h3-4,7,9,11,23H,5-6,8,20H2,1-2H3. The molecule has 0 amide bonds. The second-order valence-corrected chi connectivity index (χ2v) is 8.68. The maximum Gasteiger partial charge on any atom is 0.212 e. The van der Waals surface area contributed by atoms with Gasteiger partial charge in [0, 0.05) is 13.1 Å². The van der Waals surface area contributed by atoms with Crippen LogP contribution in [0.5, 0.6) is 0 Å². The Morgan fingerprint density at radius 2 is 2.14 bits per heavy atom. The maximum absolute atomic E-state index is 13.4. The first kappa shape index (κ1) is 18.6. The summed E-state index contributed by atoms with van der Waals surface area (Å²) in [5, 5.41) is 0. The molecule has 2 aromatic heterocycles. The predicted molar refractivity (Wildman–Crippen MR) is 103 cm³/mol. The number of anilines is 2. The number of nitrogens with zero attached hydrogens (tertiary/aromatic N) is 3. The highest BCUT2D eigenvalue weighted by molar-refractivity contribution is 7.92. The smallest absolute Gasteiger partial charge is 0.212 e. The van der Waals surface area contributed by atoms with E-state index in [1.165, 1.54) is 25.4 Å². The van der Waals surface area contributed by atoms with Gasteiger partial charge in [-0.2, -0.15) is 0 Å². The Hall–Kier alpha value is -2.72. The molecule has 28 heavy (non-hydrogen) atoms. The van der Waals surface area contributed by atoms with Crippen LogP contribution in [0.2, 0.25) is 0 Å². The zero-order valence-corrected chi connectivity index (χ0v) is 16.3. The van der Waals surface area contributed by atoms with E-state index < -0.39 is 15.7 Å². The van der Waals surface area contributed by atoms with Gasteiger partial charge in [0.15, 0.2) is 5.82 Å². The Balaban J connectivity index is 1.89. The number of hydrogen-bond acceptors (Lipinski definition) is 7. The molecule has 1 aromatic carbocycles. The van der Waals surface area contributed by atoms with Crippen molar-refractivity contribution >= 4 is 32.5 Å². The molecule has 148 valence electrons. The third-order valence-electron chi connectivity index (χ3n) is 4.78. The lowest BCUT2D eigenvalue weighted by Crippen LogP contribution is -2.41. The number of benzene rings is 1. The van der Waals surface area contributed by atoms with Gasteiger partial charge in [-0.3, -0.25) is 0 Å². The van der Waals surface area contributed by atoms with Crippen molar-refractivity contribution in [1.29, 1.82) is 0 Å². The number of aromatic nitrogens is 3. The fraction of sp³-hybridized carbons (Fsp3) is 0.333. The van der Waals surface area contributed by atoms with Gasteiger partial charge >= 0.3 is 0 Å². The van der Waals surface area contributed by atoms with Crippen LogP contribution in [0.1, 0.15) is 12.5 Å². The highest BCUT2D eigenvalue weighted by atomic mass is 32.2. The maximum atomic E-state index is 13.4. The average molecular weight is 405 g/mol. The normalized spacial score (nSPS) is 18.0. The Kier molecular flexibility index (Phi) is 4.47. The number of nitrogen functional groups attached to an aromatic ring is 1. The minimum atomic E-state index is -4.02. The van der Waals surface area contributed by atoms with Gasteiger partial charge in [-0.05, 0) is 37.6 Å². The summed E-state index contributed by atoms with van der Waals surface area (Å²) in [4.78, 5) is 13.3. The molecule has 0 spiro atoms. The zero-order valence-electron chi connectivity index (χ0n) is 15.4. The quantitative estimate of drug-likeness (QED) is 0.641. The van der Waals surface area contributed by atoms with E-state index in [2.05, 4.69) is 15.0 Å². The van der Waals surface area contributed by atoms with E-state index in [4.69, 9.17) is 10.5 Å². The van der Waals surface area contributed by atoms with Gasteiger partial charge in [-0.25, -0.2) is 22.8 Å². The Bertz CT molecular complexity index is 1160. The van der Waals surface area contributed by atoms with E-state index in [0.29, 0.717) is 36.6 Å². The van der Waals surface area contributed by atoms with Gasteiger partial charge in [0.2, 0.25) is 9.84 Å². The number of sulfone groups is 1. The number of morpholine rings is 1. The molecule has 0 aliphatic carbocycles. The molecular formula is C18H20FN5O3S. The van der Waals surface area contributed by atoms with E-state index in [9.17, 15) is 12.8 Å². The second kappa shape index (κ2) is 6.71. The number of fused-ring (bicyclic) bond motifs is 1. The molecule has 8 nitrogen and oxygen atoms in total. The molecule has 10 heteroatoms. The van der Waals surface area contributed by atoms with Crippen molar-refractivity contribution in [3.63, 3.8) is 0 Å². The minimum Gasteiger partial charge on any atom is -0.384 e. The average Bonchev–Trinajstić information content (AvgIpc) is 2.97. The first-order valence-corrected chi connectivity index (χ1v) is 10.3. The van der Waals surface area contributed by atoms with Crippen LogP contribution in [-0.4, -0.2) is 49.2 Å². The molecule has 0 bridgehead atoms. The molecule has 1 fully saturated rings. The zero-order chi connectivity index (χ0) is 20.1. The SMILES string of the molecule is Cc1cc(F)ccc1S(=O)(=O)c1c(N)[nH]c2c(N3CCOC(C)C3)ncnc12. The number of halogens is 1. The molecule has 0 saturated carbocycles. The number of hydrogen-bond donors (Lipinski definition) is 2. The van der Waals surface area contributed by atoms with Crippen molar-refractivity contribution in [3.05, 3.63) is 35.9 Å². The summed E-state index contributed by atoms with van der Waals surface area (Å²) in [7, 11) is -4.02. The molecule has 1 aliphatic rings.